The largest absolute Gasteiger partial charge is 0.493 e. The Morgan fingerprint density at radius 2 is 1.78 bits per heavy atom. The molecule has 2 aromatic carbocycles. The zero-order chi connectivity index (χ0) is 26.1. The number of ether oxygens (including phenoxy) is 2. The lowest BCUT2D eigenvalue weighted by molar-refractivity contribution is -0.118. The molecule has 0 saturated heterocycles. The normalized spacial score (nSPS) is 12.1. The molecule has 1 atom stereocenters. The Morgan fingerprint density at radius 3 is 2.50 bits per heavy atom. The van der Waals surface area contributed by atoms with Gasteiger partial charge in [0, 0.05) is 23.7 Å². The highest BCUT2D eigenvalue weighted by molar-refractivity contribution is 7.87. The number of pyridine rings is 1. The summed E-state index contributed by atoms with van der Waals surface area (Å²) in [5.41, 5.74) is 1.42. The van der Waals surface area contributed by atoms with Crippen molar-refractivity contribution < 1.29 is 27.5 Å². The maximum absolute atomic E-state index is 13.2. The number of hydrogen-bond donors (Lipinski definition) is 4. The van der Waals surface area contributed by atoms with Crippen LogP contribution in [0.15, 0.2) is 54.7 Å². The van der Waals surface area contributed by atoms with Crippen molar-refractivity contribution in [3.05, 3.63) is 60.3 Å². The Labute approximate surface area is 209 Å². The molecule has 1 unspecified atom stereocenters. The Kier molecular flexibility index (Phi) is 9.17. The molecule has 3 aromatic rings. The Balaban J connectivity index is 1.76. The highest BCUT2D eigenvalue weighted by Gasteiger charge is 2.23. The van der Waals surface area contributed by atoms with Crippen molar-refractivity contribution in [3.63, 3.8) is 0 Å². The van der Waals surface area contributed by atoms with E-state index in [0.29, 0.717) is 35.5 Å². The van der Waals surface area contributed by atoms with Crippen LogP contribution in [-0.4, -0.2) is 52.0 Å². The average Bonchev–Trinajstić information content (AvgIpc) is 2.86. The number of nitrogens with zero attached hydrogens (tertiary/aromatic N) is 1. The van der Waals surface area contributed by atoms with Crippen molar-refractivity contribution in [3.8, 4) is 11.5 Å². The summed E-state index contributed by atoms with van der Waals surface area (Å²) in [6, 6.07) is 12.9. The molecular weight excluding hydrogens is 486 g/mol. The number of carbonyl (C=O) groups excluding carboxylic acids is 2. The molecule has 36 heavy (non-hydrogen) atoms. The zero-order valence-electron chi connectivity index (χ0n) is 20.0. The SMILES string of the molecule is COc1ccc(C(=O)NC(CCCCNS(N)(=O)=O)C(=O)Nc2cccc3cccnc23)cc1OC. The van der Waals surface area contributed by atoms with Gasteiger partial charge in [-0.1, -0.05) is 18.2 Å². The maximum atomic E-state index is 13.2. The summed E-state index contributed by atoms with van der Waals surface area (Å²) in [5.74, 6) is -0.0626. The van der Waals surface area contributed by atoms with E-state index in [1.807, 2.05) is 12.1 Å². The first-order chi connectivity index (χ1) is 17.2. The van der Waals surface area contributed by atoms with E-state index in [2.05, 4.69) is 20.3 Å². The number of fused-ring (bicyclic) bond motifs is 1. The van der Waals surface area contributed by atoms with Crippen LogP contribution in [0.4, 0.5) is 5.69 Å². The van der Waals surface area contributed by atoms with E-state index < -0.39 is 28.1 Å². The molecule has 0 bridgehead atoms. The van der Waals surface area contributed by atoms with Crippen molar-refractivity contribution in [1.29, 1.82) is 0 Å². The number of anilines is 1. The first-order valence-electron chi connectivity index (χ1n) is 11.2. The molecule has 11 nitrogen and oxygen atoms in total. The van der Waals surface area contributed by atoms with Gasteiger partial charge in [0.05, 0.1) is 25.4 Å². The molecule has 12 heteroatoms. The number of unbranched alkanes of at least 4 members (excludes halogenated alkanes) is 1. The molecule has 192 valence electrons. The van der Waals surface area contributed by atoms with Crippen molar-refractivity contribution in [2.24, 2.45) is 5.14 Å². The quantitative estimate of drug-likeness (QED) is 0.268. The summed E-state index contributed by atoms with van der Waals surface area (Å²) >= 11 is 0. The summed E-state index contributed by atoms with van der Waals surface area (Å²) in [7, 11) is -0.845. The Hall–Kier alpha value is -3.74. The molecule has 0 spiro atoms. The first kappa shape index (κ1) is 26.9. The van der Waals surface area contributed by atoms with Gasteiger partial charge in [-0.25, -0.2) is 9.86 Å². The number of benzene rings is 2. The van der Waals surface area contributed by atoms with Crippen LogP contribution < -0.4 is 30.0 Å². The van der Waals surface area contributed by atoms with Crippen LogP contribution in [0.5, 0.6) is 11.5 Å². The fourth-order valence-electron chi connectivity index (χ4n) is 3.60. The third-order valence-corrected chi connectivity index (χ3v) is 5.99. The molecule has 2 amide bonds. The van der Waals surface area contributed by atoms with E-state index >= 15 is 0 Å². The second kappa shape index (κ2) is 12.3. The fraction of sp³-hybridized carbons (Fsp3) is 0.292. The third kappa shape index (κ3) is 7.38. The van der Waals surface area contributed by atoms with Gasteiger partial charge in [0.15, 0.2) is 11.5 Å². The highest BCUT2D eigenvalue weighted by Crippen LogP contribution is 2.27. The van der Waals surface area contributed by atoms with E-state index in [9.17, 15) is 18.0 Å². The number of rotatable bonds is 12. The zero-order valence-corrected chi connectivity index (χ0v) is 20.8. The average molecular weight is 516 g/mol. The topological polar surface area (TPSA) is 162 Å². The van der Waals surface area contributed by atoms with Crippen molar-refractivity contribution >= 4 is 38.6 Å². The summed E-state index contributed by atoms with van der Waals surface area (Å²) in [5, 5.41) is 11.4. The number of nitrogens with one attached hydrogen (secondary N) is 3. The van der Waals surface area contributed by atoms with Gasteiger partial charge >= 0.3 is 0 Å². The van der Waals surface area contributed by atoms with Gasteiger partial charge in [-0.3, -0.25) is 14.6 Å². The van der Waals surface area contributed by atoms with Crippen molar-refractivity contribution in [2.45, 2.75) is 25.3 Å². The molecule has 0 aliphatic rings. The number of para-hydroxylation sites is 1. The van der Waals surface area contributed by atoms with Gasteiger partial charge in [0.1, 0.15) is 6.04 Å². The molecule has 5 N–H and O–H groups in total. The molecular formula is C24H29N5O6S. The predicted octanol–water partition coefficient (Wildman–Crippen LogP) is 1.95. The van der Waals surface area contributed by atoms with Crippen LogP contribution >= 0.6 is 0 Å². The number of carbonyl (C=O) groups is 2. The van der Waals surface area contributed by atoms with Crippen LogP contribution in [0.3, 0.4) is 0 Å². The summed E-state index contributed by atoms with van der Waals surface area (Å²) in [6.07, 6.45) is 2.75. The smallest absolute Gasteiger partial charge is 0.274 e. The lowest BCUT2D eigenvalue weighted by Gasteiger charge is -2.19. The molecule has 0 fully saturated rings. The van der Waals surface area contributed by atoms with Crippen LogP contribution in [0.1, 0.15) is 29.6 Å². The van der Waals surface area contributed by atoms with Crippen LogP contribution in [-0.2, 0) is 15.0 Å². The number of nitrogens with two attached hydrogens (primary N) is 1. The van der Waals surface area contributed by atoms with E-state index in [-0.39, 0.29) is 18.5 Å². The number of amides is 2. The monoisotopic (exact) mass is 515 g/mol. The molecule has 0 aliphatic heterocycles. The van der Waals surface area contributed by atoms with Gasteiger partial charge < -0.3 is 20.1 Å². The van der Waals surface area contributed by atoms with Gasteiger partial charge in [0.2, 0.25) is 5.91 Å². The standard InChI is InChI=1S/C24H29N5O6S/c1-34-20-12-11-17(15-21(20)35-2)23(30)29-19(9-3-4-14-27-36(25,32)33)24(31)28-18-10-5-7-16-8-6-13-26-22(16)18/h5-8,10-13,15,19,27H,3-4,9,14H2,1-2H3,(H,28,31)(H,29,30)(H2,25,32,33). The minimum atomic E-state index is -3.80. The first-order valence-corrected chi connectivity index (χ1v) is 12.7. The molecule has 1 heterocycles. The van der Waals surface area contributed by atoms with E-state index in [0.717, 1.165) is 5.39 Å². The van der Waals surface area contributed by atoms with Gasteiger partial charge in [-0.15, -0.1) is 0 Å². The third-order valence-electron chi connectivity index (χ3n) is 5.38. The van der Waals surface area contributed by atoms with Crippen molar-refractivity contribution in [2.75, 3.05) is 26.1 Å². The van der Waals surface area contributed by atoms with Crippen LogP contribution in [0, 0.1) is 0 Å². The number of hydrogen-bond acceptors (Lipinski definition) is 7. The van der Waals surface area contributed by atoms with E-state index in [4.69, 9.17) is 14.6 Å². The predicted molar refractivity (Wildman–Crippen MR) is 136 cm³/mol. The molecule has 0 aliphatic carbocycles. The minimum Gasteiger partial charge on any atom is -0.493 e. The Morgan fingerprint density at radius 1 is 1.03 bits per heavy atom. The second-order valence-electron chi connectivity index (χ2n) is 7.90. The Bertz CT molecular complexity index is 1330. The molecule has 0 saturated carbocycles. The van der Waals surface area contributed by atoms with Gasteiger partial charge in [-0.05, 0) is 49.6 Å². The van der Waals surface area contributed by atoms with Crippen LogP contribution in [0.2, 0.25) is 0 Å². The summed E-state index contributed by atoms with van der Waals surface area (Å²) < 4.78 is 34.8. The van der Waals surface area contributed by atoms with E-state index in [1.54, 1.807) is 36.5 Å². The fourth-order valence-corrected chi connectivity index (χ4v) is 4.03. The van der Waals surface area contributed by atoms with Crippen LogP contribution in [0.25, 0.3) is 10.9 Å². The van der Waals surface area contributed by atoms with E-state index in [1.165, 1.54) is 20.3 Å². The summed E-state index contributed by atoms with van der Waals surface area (Å²) in [6.45, 7) is 0.115. The maximum Gasteiger partial charge on any atom is 0.274 e. The molecule has 1 aromatic heterocycles. The molecule has 0 radical (unpaired) electrons. The number of aromatic nitrogens is 1. The lowest BCUT2D eigenvalue weighted by Crippen LogP contribution is -2.44. The number of methoxy groups -OCH3 is 2. The lowest BCUT2D eigenvalue weighted by atomic mass is 10.1. The second-order valence-corrected chi connectivity index (χ2v) is 9.28. The highest BCUT2D eigenvalue weighted by atomic mass is 32.2. The van der Waals surface area contributed by atoms with Gasteiger partial charge in [0.25, 0.3) is 16.1 Å². The summed E-state index contributed by atoms with van der Waals surface area (Å²) in [4.78, 5) is 30.6. The minimum absolute atomic E-state index is 0.115. The van der Waals surface area contributed by atoms with Crippen molar-refractivity contribution in [1.82, 2.24) is 15.0 Å². The molecule has 3 rings (SSSR count). The van der Waals surface area contributed by atoms with Gasteiger partial charge in [-0.2, -0.15) is 8.42 Å².